The van der Waals surface area contributed by atoms with E-state index in [1.807, 2.05) is 0 Å². The molecule has 2 unspecified atom stereocenters. The van der Waals surface area contributed by atoms with E-state index in [-0.39, 0.29) is 0 Å². The molecule has 0 aromatic heterocycles. The van der Waals surface area contributed by atoms with Crippen LogP contribution in [0.5, 0.6) is 0 Å². The lowest BCUT2D eigenvalue weighted by Crippen LogP contribution is -2.00. The van der Waals surface area contributed by atoms with Gasteiger partial charge in [0.25, 0.3) is 0 Å². The molecular weight excluding hydrogens is 192 g/mol. The Balaban J connectivity index is 2.28. The summed E-state index contributed by atoms with van der Waals surface area (Å²) >= 11 is 0. The Labute approximate surface area is 102 Å². The minimum Gasteiger partial charge on any atom is -0.0761 e. The number of hydrogen-bond donors (Lipinski definition) is 0. The van der Waals surface area contributed by atoms with Gasteiger partial charge in [-0.2, -0.15) is 0 Å². The van der Waals surface area contributed by atoms with Gasteiger partial charge in [0.1, 0.15) is 0 Å². The maximum atomic E-state index is 2.48. The zero-order chi connectivity index (χ0) is 12.0. The van der Waals surface area contributed by atoms with Crippen molar-refractivity contribution < 1.29 is 0 Å². The zero-order valence-corrected chi connectivity index (χ0v) is 11.6. The molecule has 1 rings (SSSR count). The largest absolute Gasteiger partial charge is 0.0761 e. The molecule has 16 heavy (non-hydrogen) atoms. The topological polar surface area (TPSA) is 0 Å². The van der Waals surface area contributed by atoms with Gasteiger partial charge in [-0.1, -0.05) is 69.8 Å². The predicted molar refractivity (Wildman–Crippen MR) is 73.5 cm³/mol. The van der Waals surface area contributed by atoms with Gasteiger partial charge in [0, 0.05) is 5.92 Å². The molecule has 2 atom stereocenters. The van der Waals surface area contributed by atoms with E-state index in [9.17, 15) is 0 Å². The maximum absolute atomic E-state index is 2.48. The van der Waals surface area contributed by atoms with Crippen molar-refractivity contribution in [2.45, 2.75) is 66.2 Å². The van der Waals surface area contributed by atoms with E-state index < -0.39 is 0 Å². The molecule has 0 aromatic carbocycles. The van der Waals surface area contributed by atoms with Gasteiger partial charge >= 0.3 is 0 Å². The highest BCUT2D eigenvalue weighted by Gasteiger charge is 2.20. The Morgan fingerprint density at radius 2 is 2.12 bits per heavy atom. The minimum atomic E-state index is 0.730. The highest BCUT2D eigenvalue weighted by molar-refractivity contribution is 5.36. The molecule has 92 valence electrons. The first-order valence-electron chi connectivity index (χ1n) is 7.09. The Bertz CT molecular complexity index is 257. The normalized spacial score (nSPS) is 21.9. The van der Waals surface area contributed by atoms with Crippen molar-refractivity contribution >= 4 is 0 Å². The van der Waals surface area contributed by atoms with Gasteiger partial charge in [-0.3, -0.25) is 0 Å². The van der Waals surface area contributed by atoms with Gasteiger partial charge in [-0.05, 0) is 25.7 Å². The third-order valence-electron chi connectivity index (χ3n) is 3.74. The third kappa shape index (κ3) is 4.55. The summed E-state index contributed by atoms with van der Waals surface area (Å²) in [7, 11) is 0. The standard InChI is InChI=1S/C16H28/c1-5-8-9-14(6-2)10-13(4)11-16-12-15(16)7-3/h11-12,14,16H,5-10H2,1-4H3. The van der Waals surface area contributed by atoms with Gasteiger partial charge in [-0.25, -0.2) is 0 Å². The summed E-state index contributed by atoms with van der Waals surface area (Å²) in [4.78, 5) is 0. The lowest BCUT2D eigenvalue weighted by molar-refractivity contribution is 0.447. The molecule has 0 heteroatoms. The summed E-state index contributed by atoms with van der Waals surface area (Å²) in [5.74, 6) is 1.65. The minimum absolute atomic E-state index is 0.730. The predicted octanol–water partition coefficient (Wildman–Crippen LogP) is 5.51. The molecule has 1 aliphatic rings. The van der Waals surface area contributed by atoms with E-state index in [0.717, 1.165) is 11.8 Å². The van der Waals surface area contributed by atoms with Gasteiger partial charge < -0.3 is 0 Å². The summed E-state index contributed by atoms with van der Waals surface area (Å²) < 4.78 is 0. The molecule has 0 aromatic rings. The van der Waals surface area contributed by atoms with Crippen molar-refractivity contribution in [3.63, 3.8) is 0 Å². The van der Waals surface area contributed by atoms with E-state index in [2.05, 4.69) is 39.8 Å². The van der Waals surface area contributed by atoms with E-state index in [1.54, 1.807) is 11.1 Å². The fraction of sp³-hybridized carbons (Fsp3) is 0.750. The first kappa shape index (κ1) is 13.5. The van der Waals surface area contributed by atoms with Crippen molar-refractivity contribution in [3.05, 3.63) is 23.3 Å². The van der Waals surface area contributed by atoms with Crippen LogP contribution in [0, 0.1) is 11.8 Å². The molecule has 0 nitrogen and oxygen atoms in total. The van der Waals surface area contributed by atoms with Crippen LogP contribution in [0.1, 0.15) is 66.2 Å². The van der Waals surface area contributed by atoms with Crippen LogP contribution < -0.4 is 0 Å². The van der Waals surface area contributed by atoms with E-state index >= 15 is 0 Å². The van der Waals surface area contributed by atoms with Crippen molar-refractivity contribution in [2.24, 2.45) is 11.8 Å². The second-order valence-corrected chi connectivity index (χ2v) is 5.25. The molecular formula is C16H28. The Kier molecular flexibility index (Phi) is 5.87. The van der Waals surface area contributed by atoms with Crippen molar-refractivity contribution in [2.75, 3.05) is 0 Å². The van der Waals surface area contributed by atoms with E-state index in [4.69, 9.17) is 0 Å². The molecule has 0 aliphatic heterocycles. The molecule has 0 spiro atoms. The average molecular weight is 220 g/mol. The fourth-order valence-corrected chi connectivity index (χ4v) is 2.46. The van der Waals surface area contributed by atoms with Gasteiger partial charge in [-0.15, -0.1) is 0 Å². The molecule has 0 bridgehead atoms. The Morgan fingerprint density at radius 3 is 2.62 bits per heavy atom. The summed E-state index contributed by atoms with van der Waals surface area (Å²) in [5.41, 5.74) is 3.24. The van der Waals surface area contributed by atoms with Crippen LogP contribution in [0.3, 0.4) is 0 Å². The molecule has 0 saturated carbocycles. The molecule has 0 amide bonds. The summed E-state index contributed by atoms with van der Waals surface area (Å²) in [6.45, 7) is 9.19. The lowest BCUT2D eigenvalue weighted by atomic mass is 9.92. The molecule has 0 saturated heterocycles. The Hall–Kier alpha value is -0.520. The average Bonchev–Trinajstić information content (AvgIpc) is 3.02. The second kappa shape index (κ2) is 6.93. The van der Waals surface area contributed by atoms with Crippen LogP contribution in [0.2, 0.25) is 0 Å². The van der Waals surface area contributed by atoms with Crippen LogP contribution >= 0.6 is 0 Å². The SMILES string of the molecule is CCCCC(CC)CC(C)=CC1C=C1CC. The molecule has 0 heterocycles. The fourth-order valence-electron chi connectivity index (χ4n) is 2.46. The van der Waals surface area contributed by atoms with E-state index in [0.29, 0.717) is 0 Å². The van der Waals surface area contributed by atoms with Gasteiger partial charge in [0.2, 0.25) is 0 Å². The summed E-state index contributed by atoms with van der Waals surface area (Å²) in [5, 5.41) is 0. The lowest BCUT2D eigenvalue weighted by Gasteiger charge is -2.14. The van der Waals surface area contributed by atoms with Crippen molar-refractivity contribution in [1.82, 2.24) is 0 Å². The Morgan fingerprint density at radius 1 is 1.38 bits per heavy atom. The molecule has 0 radical (unpaired) electrons. The van der Waals surface area contributed by atoms with Crippen LogP contribution in [-0.4, -0.2) is 0 Å². The highest BCUT2D eigenvalue weighted by atomic mass is 14.2. The maximum Gasteiger partial charge on any atom is 0.0163 e. The number of rotatable bonds is 8. The second-order valence-electron chi connectivity index (χ2n) is 5.25. The zero-order valence-electron chi connectivity index (χ0n) is 11.6. The van der Waals surface area contributed by atoms with E-state index in [1.165, 1.54) is 38.5 Å². The van der Waals surface area contributed by atoms with Crippen LogP contribution in [0.15, 0.2) is 23.3 Å². The third-order valence-corrected chi connectivity index (χ3v) is 3.74. The van der Waals surface area contributed by atoms with Crippen LogP contribution in [-0.2, 0) is 0 Å². The van der Waals surface area contributed by atoms with Crippen LogP contribution in [0.25, 0.3) is 0 Å². The van der Waals surface area contributed by atoms with Crippen LogP contribution in [0.4, 0.5) is 0 Å². The van der Waals surface area contributed by atoms with Gasteiger partial charge in [0.05, 0.1) is 0 Å². The van der Waals surface area contributed by atoms with Crippen molar-refractivity contribution in [3.8, 4) is 0 Å². The smallest absolute Gasteiger partial charge is 0.0163 e. The number of allylic oxidation sites excluding steroid dienone is 4. The summed E-state index contributed by atoms with van der Waals surface area (Å²) in [6.07, 6.45) is 12.9. The molecule has 1 aliphatic carbocycles. The monoisotopic (exact) mass is 220 g/mol. The van der Waals surface area contributed by atoms with Gasteiger partial charge in [0.15, 0.2) is 0 Å². The quantitative estimate of drug-likeness (QED) is 0.473. The number of hydrogen-bond acceptors (Lipinski definition) is 0. The van der Waals surface area contributed by atoms with Crippen molar-refractivity contribution in [1.29, 1.82) is 0 Å². The highest BCUT2D eigenvalue weighted by Crippen LogP contribution is 2.34. The number of unbranched alkanes of at least 4 members (excludes halogenated alkanes) is 1. The first-order chi connectivity index (χ1) is 7.71. The molecule has 0 N–H and O–H groups in total. The molecule has 0 fully saturated rings. The first-order valence-corrected chi connectivity index (χ1v) is 7.09. The summed E-state index contributed by atoms with van der Waals surface area (Å²) in [6, 6.07) is 0.